The molecule has 0 radical (unpaired) electrons. The second-order valence-electron chi connectivity index (χ2n) is 5.11. The number of nitrogens with zero attached hydrogens (tertiary/aromatic N) is 2. The van der Waals surface area contributed by atoms with Gasteiger partial charge in [-0.05, 0) is 48.5 Å². The van der Waals surface area contributed by atoms with E-state index in [9.17, 15) is 8.42 Å². The quantitative estimate of drug-likeness (QED) is 0.545. The van der Waals surface area contributed by atoms with Gasteiger partial charge in [-0.25, -0.2) is 8.42 Å². The lowest BCUT2D eigenvalue weighted by Gasteiger charge is -2.10. The smallest absolute Gasteiger partial charge is 0.261 e. The van der Waals surface area contributed by atoms with Gasteiger partial charge >= 0.3 is 0 Å². The predicted molar refractivity (Wildman–Crippen MR) is 102 cm³/mol. The molecular formula is C18H14BrN3O2S. The highest BCUT2D eigenvalue weighted by molar-refractivity contribution is 9.10. The average molecular weight is 416 g/mol. The van der Waals surface area contributed by atoms with E-state index >= 15 is 0 Å². The third-order valence-corrected chi connectivity index (χ3v) is 5.21. The molecule has 0 aliphatic heterocycles. The van der Waals surface area contributed by atoms with Gasteiger partial charge in [0.1, 0.15) is 5.69 Å². The maximum atomic E-state index is 12.5. The largest absolute Gasteiger partial charge is 0.277 e. The summed E-state index contributed by atoms with van der Waals surface area (Å²) in [5.41, 5.74) is 1.49. The van der Waals surface area contributed by atoms with Crippen molar-refractivity contribution >= 4 is 43.0 Å². The van der Waals surface area contributed by atoms with E-state index in [0.717, 1.165) is 4.47 Å². The molecule has 5 nitrogen and oxygen atoms in total. The molecule has 0 fully saturated rings. The van der Waals surface area contributed by atoms with Crippen LogP contribution in [0.1, 0.15) is 0 Å². The molecule has 0 spiro atoms. The van der Waals surface area contributed by atoms with Gasteiger partial charge < -0.3 is 0 Å². The van der Waals surface area contributed by atoms with E-state index < -0.39 is 10.0 Å². The minimum atomic E-state index is -3.71. The fourth-order valence-corrected chi connectivity index (χ4v) is 3.41. The predicted octanol–water partition coefficient (Wildman–Crippen LogP) is 5.67. The van der Waals surface area contributed by atoms with Gasteiger partial charge in [0.15, 0.2) is 0 Å². The molecule has 0 heterocycles. The Balaban J connectivity index is 1.88. The average Bonchev–Trinajstić information content (AvgIpc) is 2.62. The molecule has 0 aliphatic carbocycles. The fraction of sp³-hybridized carbons (Fsp3) is 0. The Hall–Kier alpha value is -2.51. The Labute approximate surface area is 154 Å². The third kappa shape index (κ3) is 4.52. The molecular weight excluding hydrogens is 402 g/mol. The van der Waals surface area contributed by atoms with E-state index in [1.165, 1.54) is 12.1 Å². The van der Waals surface area contributed by atoms with Gasteiger partial charge in [0.2, 0.25) is 0 Å². The van der Waals surface area contributed by atoms with Crippen molar-refractivity contribution in [2.75, 3.05) is 4.72 Å². The van der Waals surface area contributed by atoms with Crippen molar-refractivity contribution in [2.24, 2.45) is 10.2 Å². The summed E-state index contributed by atoms with van der Waals surface area (Å²) in [6, 6.07) is 22.5. The van der Waals surface area contributed by atoms with E-state index in [4.69, 9.17) is 0 Å². The van der Waals surface area contributed by atoms with Crippen LogP contribution in [0.25, 0.3) is 0 Å². The highest BCUT2D eigenvalue weighted by Gasteiger charge is 2.15. The lowest BCUT2D eigenvalue weighted by molar-refractivity contribution is 0.601. The minimum absolute atomic E-state index is 0.172. The normalized spacial score (nSPS) is 11.6. The van der Waals surface area contributed by atoms with Gasteiger partial charge in [-0.2, -0.15) is 5.11 Å². The molecule has 7 heteroatoms. The van der Waals surface area contributed by atoms with E-state index in [1.54, 1.807) is 36.4 Å². The van der Waals surface area contributed by atoms with Crippen LogP contribution < -0.4 is 4.72 Å². The summed E-state index contributed by atoms with van der Waals surface area (Å²) in [4.78, 5) is 0.172. The van der Waals surface area contributed by atoms with Crippen LogP contribution in [-0.4, -0.2) is 8.42 Å². The first-order valence-corrected chi connectivity index (χ1v) is 9.66. The van der Waals surface area contributed by atoms with Crippen LogP contribution >= 0.6 is 15.9 Å². The number of hydrogen-bond donors (Lipinski definition) is 1. The Bertz CT molecular complexity index is 988. The maximum Gasteiger partial charge on any atom is 0.261 e. The van der Waals surface area contributed by atoms with Gasteiger partial charge in [-0.15, -0.1) is 5.11 Å². The highest BCUT2D eigenvalue weighted by Crippen LogP contribution is 2.29. The first-order valence-electron chi connectivity index (χ1n) is 7.39. The molecule has 0 aliphatic rings. The SMILES string of the molecule is O=S(=O)(Nc1ccccc1N=Nc1ccccc1)c1ccc(Br)cc1. The van der Waals surface area contributed by atoms with E-state index in [-0.39, 0.29) is 4.90 Å². The van der Waals surface area contributed by atoms with Crippen molar-refractivity contribution in [2.45, 2.75) is 4.90 Å². The zero-order valence-electron chi connectivity index (χ0n) is 13.0. The maximum absolute atomic E-state index is 12.5. The van der Waals surface area contributed by atoms with E-state index in [0.29, 0.717) is 17.1 Å². The summed E-state index contributed by atoms with van der Waals surface area (Å²) < 4.78 is 28.5. The van der Waals surface area contributed by atoms with Gasteiger partial charge in [-0.3, -0.25) is 4.72 Å². The Morgan fingerprint density at radius 3 is 2.12 bits per heavy atom. The lowest BCUT2D eigenvalue weighted by atomic mass is 10.3. The summed E-state index contributed by atoms with van der Waals surface area (Å²) in [5, 5.41) is 8.29. The van der Waals surface area contributed by atoms with Gasteiger partial charge in [0.25, 0.3) is 10.0 Å². The molecule has 3 aromatic rings. The van der Waals surface area contributed by atoms with Crippen molar-refractivity contribution < 1.29 is 8.42 Å². The van der Waals surface area contributed by atoms with Gasteiger partial charge in [0.05, 0.1) is 16.3 Å². The molecule has 1 N–H and O–H groups in total. The van der Waals surface area contributed by atoms with Crippen LogP contribution in [0.3, 0.4) is 0 Å². The molecule has 3 aromatic carbocycles. The Morgan fingerprint density at radius 2 is 1.40 bits per heavy atom. The summed E-state index contributed by atoms with van der Waals surface area (Å²) in [6.45, 7) is 0. The monoisotopic (exact) mass is 415 g/mol. The topological polar surface area (TPSA) is 70.9 Å². The third-order valence-electron chi connectivity index (χ3n) is 3.30. The molecule has 0 amide bonds. The van der Waals surface area contributed by atoms with Crippen LogP contribution in [0.15, 0.2) is 98.5 Å². The molecule has 126 valence electrons. The molecule has 0 unspecified atom stereocenters. The van der Waals surface area contributed by atoms with Crippen LogP contribution in [0.4, 0.5) is 17.1 Å². The summed E-state index contributed by atoms with van der Waals surface area (Å²) in [6.07, 6.45) is 0. The second-order valence-corrected chi connectivity index (χ2v) is 7.71. The molecule has 0 saturated carbocycles. The number of halogens is 1. The summed E-state index contributed by atoms with van der Waals surface area (Å²) in [7, 11) is -3.71. The number of azo groups is 1. The Morgan fingerprint density at radius 1 is 0.760 bits per heavy atom. The van der Waals surface area contributed by atoms with Crippen molar-refractivity contribution in [1.29, 1.82) is 0 Å². The molecule has 0 atom stereocenters. The van der Waals surface area contributed by atoms with Crippen LogP contribution in [0.2, 0.25) is 0 Å². The number of sulfonamides is 1. The number of nitrogens with one attached hydrogen (secondary N) is 1. The molecule has 0 aromatic heterocycles. The number of benzene rings is 3. The number of hydrogen-bond acceptors (Lipinski definition) is 4. The number of rotatable bonds is 5. The summed E-state index contributed by atoms with van der Waals surface area (Å²) in [5.74, 6) is 0. The molecule has 3 rings (SSSR count). The molecule has 25 heavy (non-hydrogen) atoms. The minimum Gasteiger partial charge on any atom is -0.277 e. The highest BCUT2D eigenvalue weighted by atomic mass is 79.9. The second kappa shape index (κ2) is 7.58. The zero-order chi connectivity index (χ0) is 17.7. The van der Waals surface area contributed by atoms with Crippen LogP contribution in [-0.2, 0) is 10.0 Å². The fourth-order valence-electron chi connectivity index (χ4n) is 2.07. The first-order chi connectivity index (χ1) is 12.0. The van der Waals surface area contributed by atoms with Gasteiger partial charge in [-0.1, -0.05) is 46.3 Å². The number of para-hydroxylation sites is 1. The Kier molecular flexibility index (Phi) is 5.25. The van der Waals surface area contributed by atoms with E-state index in [2.05, 4.69) is 30.9 Å². The van der Waals surface area contributed by atoms with Crippen molar-refractivity contribution in [3.05, 3.63) is 83.3 Å². The zero-order valence-corrected chi connectivity index (χ0v) is 15.4. The van der Waals surface area contributed by atoms with Crippen LogP contribution in [0, 0.1) is 0 Å². The van der Waals surface area contributed by atoms with Crippen molar-refractivity contribution in [1.82, 2.24) is 0 Å². The summed E-state index contributed by atoms with van der Waals surface area (Å²) >= 11 is 3.29. The molecule has 0 bridgehead atoms. The van der Waals surface area contributed by atoms with Gasteiger partial charge in [0, 0.05) is 4.47 Å². The number of anilines is 1. The van der Waals surface area contributed by atoms with Crippen molar-refractivity contribution in [3.63, 3.8) is 0 Å². The first kappa shape index (κ1) is 17.3. The van der Waals surface area contributed by atoms with Crippen LogP contribution in [0.5, 0.6) is 0 Å². The molecule has 0 saturated heterocycles. The lowest BCUT2D eigenvalue weighted by Crippen LogP contribution is -2.12. The van der Waals surface area contributed by atoms with Crippen molar-refractivity contribution in [3.8, 4) is 0 Å². The standard InChI is InChI=1S/C18H14BrN3O2S/c19-14-10-12-16(13-11-14)25(23,24)22-18-9-5-4-8-17(18)21-20-15-6-2-1-3-7-15/h1-13,22H. The van der Waals surface area contributed by atoms with E-state index in [1.807, 2.05) is 30.3 Å².